The molecule has 2 rings (SSSR count). The Balaban J connectivity index is 2.14. The molecular weight excluding hydrogens is 317 g/mol. The lowest BCUT2D eigenvalue weighted by Crippen LogP contribution is -2.55. The van der Waals surface area contributed by atoms with E-state index in [1.807, 2.05) is 6.92 Å². The lowest BCUT2D eigenvalue weighted by atomic mass is 10.1. The van der Waals surface area contributed by atoms with E-state index < -0.39 is 22.4 Å². The van der Waals surface area contributed by atoms with Crippen LogP contribution in [0.4, 0.5) is 20.6 Å². The Kier molecular flexibility index (Phi) is 4.96. The molecule has 0 bridgehead atoms. The Morgan fingerprint density at radius 2 is 2.04 bits per heavy atom. The molecule has 1 saturated heterocycles. The van der Waals surface area contributed by atoms with Crippen LogP contribution in [0, 0.1) is 15.9 Å². The lowest BCUT2D eigenvalue weighted by Gasteiger charge is -2.40. The molecule has 132 valence electrons. The Morgan fingerprint density at radius 1 is 1.38 bits per heavy atom. The van der Waals surface area contributed by atoms with Gasteiger partial charge in [-0.3, -0.25) is 10.1 Å². The molecular formula is C16H22FN3O4. The van der Waals surface area contributed by atoms with Gasteiger partial charge in [0.25, 0.3) is 5.69 Å². The zero-order valence-electron chi connectivity index (χ0n) is 14.3. The van der Waals surface area contributed by atoms with E-state index in [0.717, 1.165) is 6.07 Å². The molecule has 1 aromatic rings. The molecule has 0 spiro atoms. The second-order valence-corrected chi connectivity index (χ2v) is 6.86. The Labute approximate surface area is 140 Å². The minimum atomic E-state index is -0.647. The summed E-state index contributed by atoms with van der Waals surface area (Å²) in [5.41, 5.74) is -0.492. The van der Waals surface area contributed by atoms with E-state index in [-0.39, 0.29) is 11.7 Å². The Bertz CT molecular complexity index is 645. The monoisotopic (exact) mass is 339 g/mol. The molecule has 0 N–H and O–H groups in total. The number of nitrogens with zero attached hydrogens (tertiary/aromatic N) is 3. The highest BCUT2D eigenvalue weighted by atomic mass is 19.1. The highest BCUT2D eigenvalue weighted by Crippen LogP contribution is 2.30. The molecule has 1 amide bonds. The molecule has 1 fully saturated rings. The van der Waals surface area contributed by atoms with Crippen LogP contribution < -0.4 is 4.90 Å². The topological polar surface area (TPSA) is 75.9 Å². The van der Waals surface area contributed by atoms with Gasteiger partial charge in [0, 0.05) is 25.7 Å². The Morgan fingerprint density at radius 3 is 2.58 bits per heavy atom. The van der Waals surface area contributed by atoms with Crippen molar-refractivity contribution in [3.05, 3.63) is 34.1 Å². The molecule has 0 unspecified atom stereocenters. The number of benzene rings is 1. The van der Waals surface area contributed by atoms with Crippen LogP contribution in [0.1, 0.15) is 27.7 Å². The van der Waals surface area contributed by atoms with Crippen LogP contribution >= 0.6 is 0 Å². The van der Waals surface area contributed by atoms with Crippen LogP contribution in [0.5, 0.6) is 0 Å². The first-order chi connectivity index (χ1) is 11.1. The maximum atomic E-state index is 13.3. The number of hydrogen-bond acceptors (Lipinski definition) is 5. The maximum absolute atomic E-state index is 13.3. The van der Waals surface area contributed by atoms with Crippen LogP contribution in [0.3, 0.4) is 0 Å². The first-order valence-electron chi connectivity index (χ1n) is 7.77. The minimum Gasteiger partial charge on any atom is -0.444 e. The van der Waals surface area contributed by atoms with Crippen LogP contribution in [0.2, 0.25) is 0 Å². The van der Waals surface area contributed by atoms with Gasteiger partial charge in [-0.25, -0.2) is 9.18 Å². The summed E-state index contributed by atoms with van der Waals surface area (Å²) in [6.07, 6.45) is -0.400. The predicted molar refractivity (Wildman–Crippen MR) is 87.7 cm³/mol. The summed E-state index contributed by atoms with van der Waals surface area (Å²) in [6.45, 7) is 8.45. The quantitative estimate of drug-likeness (QED) is 0.611. The zero-order valence-corrected chi connectivity index (χ0v) is 14.3. The molecule has 0 aliphatic carbocycles. The zero-order chi connectivity index (χ0) is 18.1. The number of nitro groups is 1. The van der Waals surface area contributed by atoms with Crippen molar-refractivity contribution in [3.63, 3.8) is 0 Å². The summed E-state index contributed by atoms with van der Waals surface area (Å²) >= 11 is 0. The number of carbonyl (C=O) groups excluding carboxylic acids is 1. The fourth-order valence-corrected chi connectivity index (χ4v) is 2.68. The highest BCUT2D eigenvalue weighted by molar-refractivity contribution is 5.70. The molecule has 24 heavy (non-hydrogen) atoms. The first-order valence-corrected chi connectivity index (χ1v) is 7.77. The van der Waals surface area contributed by atoms with Gasteiger partial charge in [-0.05, 0) is 39.8 Å². The summed E-state index contributed by atoms with van der Waals surface area (Å²) in [6, 6.07) is 3.34. The largest absolute Gasteiger partial charge is 0.444 e. The minimum absolute atomic E-state index is 0.182. The van der Waals surface area contributed by atoms with Crippen molar-refractivity contribution in [2.24, 2.45) is 0 Å². The smallest absolute Gasteiger partial charge is 0.410 e. The molecule has 8 heteroatoms. The number of nitro benzene ring substituents is 1. The number of halogens is 1. The van der Waals surface area contributed by atoms with Gasteiger partial charge in [-0.1, -0.05) is 0 Å². The van der Waals surface area contributed by atoms with Gasteiger partial charge in [0.05, 0.1) is 11.0 Å². The van der Waals surface area contributed by atoms with E-state index in [1.54, 1.807) is 30.6 Å². The van der Waals surface area contributed by atoms with E-state index >= 15 is 0 Å². The third-order valence-corrected chi connectivity index (χ3v) is 3.73. The molecule has 0 saturated carbocycles. The average Bonchev–Trinajstić information content (AvgIpc) is 2.44. The van der Waals surface area contributed by atoms with E-state index in [1.165, 1.54) is 12.1 Å². The van der Waals surface area contributed by atoms with Gasteiger partial charge in [0.1, 0.15) is 17.1 Å². The van der Waals surface area contributed by atoms with Gasteiger partial charge >= 0.3 is 6.09 Å². The first kappa shape index (κ1) is 18.0. The Hall–Kier alpha value is -2.38. The SMILES string of the molecule is C[C@@H]1CN(c2ccc(F)cc2[N+](=O)[O-])CCN1C(=O)OC(C)(C)C. The van der Waals surface area contributed by atoms with Crippen LogP contribution in [0.15, 0.2) is 18.2 Å². The van der Waals surface area contributed by atoms with Gasteiger partial charge < -0.3 is 14.5 Å². The molecule has 1 aromatic carbocycles. The summed E-state index contributed by atoms with van der Waals surface area (Å²) < 4.78 is 18.7. The number of amides is 1. The molecule has 0 radical (unpaired) electrons. The molecule has 1 atom stereocenters. The van der Waals surface area contributed by atoms with Crippen LogP contribution in [-0.2, 0) is 4.74 Å². The number of carbonyl (C=O) groups is 1. The standard InChI is InChI=1S/C16H22FN3O4/c1-11-10-18(7-8-19(11)15(21)24-16(2,3)4)13-6-5-12(17)9-14(13)20(22)23/h5-6,9,11H,7-8,10H2,1-4H3/t11-/m1/s1. The summed E-state index contributed by atoms with van der Waals surface area (Å²) in [5.74, 6) is -0.647. The predicted octanol–water partition coefficient (Wildman–Crippen LogP) is 3.18. The third-order valence-electron chi connectivity index (χ3n) is 3.73. The number of ether oxygens (including phenoxy) is 1. The lowest BCUT2D eigenvalue weighted by molar-refractivity contribution is -0.384. The van der Waals surface area contributed by atoms with Gasteiger partial charge in [-0.2, -0.15) is 0 Å². The van der Waals surface area contributed by atoms with Crippen molar-refractivity contribution in [2.45, 2.75) is 39.3 Å². The van der Waals surface area contributed by atoms with Gasteiger partial charge in [0.15, 0.2) is 0 Å². The molecule has 1 heterocycles. The number of hydrogen-bond donors (Lipinski definition) is 0. The molecule has 1 aliphatic heterocycles. The highest BCUT2D eigenvalue weighted by Gasteiger charge is 2.32. The number of anilines is 1. The van der Waals surface area contributed by atoms with Crippen molar-refractivity contribution in [1.82, 2.24) is 4.90 Å². The molecule has 1 aliphatic rings. The number of piperazine rings is 1. The normalized spacial score (nSPS) is 18.5. The van der Waals surface area contributed by atoms with Gasteiger partial charge in [0.2, 0.25) is 0 Å². The van der Waals surface area contributed by atoms with Crippen molar-refractivity contribution in [1.29, 1.82) is 0 Å². The fraction of sp³-hybridized carbons (Fsp3) is 0.562. The van der Waals surface area contributed by atoms with Gasteiger partial charge in [-0.15, -0.1) is 0 Å². The third kappa shape index (κ3) is 4.12. The van der Waals surface area contributed by atoms with Crippen molar-refractivity contribution in [3.8, 4) is 0 Å². The molecule has 0 aromatic heterocycles. The van der Waals surface area contributed by atoms with Crippen molar-refractivity contribution >= 4 is 17.5 Å². The van der Waals surface area contributed by atoms with E-state index in [9.17, 15) is 19.3 Å². The fourth-order valence-electron chi connectivity index (χ4n) is 2.68. The van der Waals surface area contributed by atoms with E-state index in [0.29, 0.717) is 25.3 Å². The average molecular weight is 339 g/mol. The van der Waals surface area contributed by atoms with Crippen molar-refractivity contribution < 1.29 is 18.8 Å². The summed E-state index contributed by atoms with van der Waals surface area (Å²) in [4.78, 5) is 26.2. The number of rotatable bonds is 2. The van der Waals surface area contributed by atoms with Crippen molar-refractivity contribution in [2.75, 3.05) is 24.5 Å². The second-order valence-electron chi connectivity index (χ2n) is 6.86. The van der Waals surface area contributed by atoms with Crippen LogP contribution in [-0.4, -0.2) is 47.2 Å². The van der Waals surface area contributed by atoms with E-state index in [2.05, 4.69) is 0 Å². The summed E-state index contributed by atoms with van der Waals surface area (Å²) in [5, 5.41) is 11.2. The molecule has 7 nitrogen and oxygen atoms in total. The van der Waals surface area contributed by atoms with Crippen LogP contribution in [0.25, 0.3) is 0 Å². The maximum Gasteiger partial charge on any atom is 0.410 e. The van der Waals surface area contributed by atoms with E-state index in [4.69, 9.17) is 4.74 Å². The second kappa shape index (κ2) is 6.62. The summed E-state index contributed by atoms with van der Waals surface area (Å²) in [7, 11) is 0.